The van der Waals surface area contributed by atoms with Crippen LogP contribution >= 0.6 is 11.3 Å². The van der Waals surface area contributed by atoms with Crippen LogP contribution in [0.5, 0.6) is 5.75 Å². The van der Waals surface area contributed by atoms with Crippen LogP contribution in [-0.2, 0) is 20.9 Å². The predicted molar refractivity (Wildman–Crippen MR) is 97.6 cm³/mol. The largest absolute Gasteiger partial charge is 0.496 e. The summed E-state index contributed by atoms with van der Waals surface area (Å²) in [6, 6.07) is 14.6. The number of carbonyl (C=O) groups excluding carboxylic acids is 2. The third kappa shape index (κ3) is 4.44. The summed E-state index contributed by atoms with van der Waals surface area (Å²) in [7, 11) is 1.48. The average Bonchev–Trinajstić information content (AvgIpc) is 3.08. The number of hydrogen-bond acceptors (Lipinski definition) is 7. The van der Waals surface area contributed by atoms with Crippen molar-refractivity contribution >= 4 is 33.3 Å². The molecule has 0 spiro atoms. The molecule has 2 aromatic carbocycles. The average molecular weight is 371 g/mol. The van der Waals surface area contributed by atoms with E-state index in [0.29, 0.717) is 11.3 Å². The number of esters is 1. The Balaban J connectivity index is 1.44. The molecule has 6 nitrogen and oxygen atoms in total. The lowest BCUT2D eigenvalue weighted by atomic mass is 10.1. The van der Waals surface area contributed by atoms with Gasteiger partial charge in [-0.3, -0.25) is 4.79 Å². The molecular weight excluding hydrogens is 354 g/mol. The highest BCUT2D eigenvalue weighted by Crippen LogP contribution is 2.22. The Labute approximate surface area is 154 Å². The fraction of sp³-hybridized carbons (Fsp3) is 0.211. The van der Waals surface area contributed by atoms with Crippen molar-refractivity contribution in [3.05, 3.63) is 59.1 Å². The molecule has 3 rings (SSSR count). The van der Waals surface area contributed by atoms with Crippen LogP contribution in [0.15, 0.2) is 48.5 Å². The van der Waals surface area contributed by atoms with E-state index in [1.165, 1.54) is 18.4 Å². The van der Waals surface area contributed by atoms with Crippen molar-refractivity contribution in [2.24, 2.45) is 0 Å². The van der Waals surface area contributed by atoms with Crippen molar-refractivity contribution in [3.63, 3.8) is 0 Å². The lowest BCUT2D eigenvalue weighted by Crippen LogP contribution is -2.18. The Morgan fingerprint density at radius 2 is 1.81 bits per heavy atom. The predicted octanol–water partition coefficient (Wildman–Crippen LogP) is 3.25. The van der Waals surface area contributed by atoms with E-state index in [9.17, 15) is 9.59 Å². The summed E-state index contributed by atoms with van der Waals surface area (Å²) >= 11 is 1.51. The summed E-state index contributed by atoms with van der Waals surface area (Å²) in [6.45, 7) is -0.381. The second-order valence-corrected chi connectivity index (χ2v) is 6.47. The number of carbonyl (C=O) groups is 2. The van der Waals surface area contributed by atoms with Crippen LogP contribution < -0.4 is 4.74 Å². The topological polar surface area (TPSA) is 74.7 Å². The smallest absolute Gasteiger partial charge is 0.332 e. The highest BCUT2D eigenvalue weighted by Gasteiger charge is 2.14. The molecule has 0 aliphatic carbocycles. The number of aromatic nitrogens is 1. The van der Waals surface area contributed by atoms with E-state index in [2.05, 4.69) is 4.98 Å². The van der Waals surface area contributed by atoms with E-state index in [1.807, 2.05) is 24.3 Å². The van der Waals surface area contributed by atoms with Crippen molar-refractivity contribution in [1.82, 2.24) is 4.98 Å². The fourth-order valence-corrected chi connectivity index (χ4v) is 3.25. The Bertz CT molecular complexity index is 888. The van der Waals surface area contributed by atoms with E-state index in [1.54, 1.807) is 24.3 Å². The van der Waals surface area contributed by atoms with Gasteiger partial charge in [0.2, 0.25) is 5.78 Å². The molecule has 0 fully saturated rings. The molecule has 0 aliphatic heterocycles. The van der Waals surface area contributed by atoms with Gasteiger partial charge < -0.3 is 14.2 Å². The monoisotopic (exact) mass is 371 g/mol. The van der Waals surface area contributed by atoms with Gasteiger partial charge in [-0.25, -0.2) is 9.78 Å². The van der Waals surface area contributed by atoms with Crippen molar-refractivity contribution in [2.75, 3.05) is 20.3 Å². The lowest BCUT2D eigenvalue weighted by Gasteiger charge is -2.08. The maximum absolute atomic E-state index is 12.1. The normalized spacial score (nSPS) is 10.7. The molecule has 0 unspecified atom stereocenters. The molecule has 0 aliphatic rings. The highest BCUT2D eigenvalue weighted by atomic mass is 32.1. The number of ether oxygens (including phenoxy) is 3. The van der Waals surface area contributed by atoms with E-state index in [-0.39, 0.29) is 25.6 Å². The minimum absolute atomic E-state index is 0.217. The number of thiazole rings is 1. The van der Waals surface area contributed by atoms with Gasteiger partial charge in [-0.05, 0) is 24.3 Å². The van der Waals surface area contributed by atoms with Crippen LogP contribution in [0.4, 0.5) is 0 Å². The Morgan fingerprint density at radius 3 is 2.62 bits per heavy atom. The molecule has 26 heavy (non-hydrogen) atoms. The van der Waals surface area contributed by atoms with Crippen LogP contribution in [0.3, 0.4) is 0 Å². The van der Waals surface area contributed by atoms with Crippen LogP contribution in [-0.4, -0.2) is 37.1 Å². The van der Waals surface area contributed by atoms with E-state index in [4.69, 9.17) is 14.2 Å². The zero-order chi connectivity index (χ0) is 18.4. The van der Waals surface area contributed by atoms with Crippen LogP contribution in [0.25, 0.3) is 10.2 Å². The summed E-state index contributed by atoms with van der Waals surface area (Å²) in [5.41, 5.74) is 1.28. The van der Waals surface area contributed by atoms with Crippen LogP contribution in [0, 0.1) is 0 Å². The third-order valence-corrected chi connectivity index (χ3v) is 4.57. The van der Waals surface area contributed by atoms with Crippen molar-refractivity contribution < 1.29 is 23.8 Å². The Morgan fingerprint density at radius 1 is 1.04 bits per heavy atom. The second-order valence-electron chi connectivity index (χ2n) is 5.35. The van der Waals surface area contributed by atoms with E-state index in [0.717, 1.165) is 15.2 Å². The van der Waals surface area contributed by atoms with Crippen LogP contribution in [0.1, 0.15) is 15.4 Å². The Hall–Kier alpha value is -2.77. The zero-order valence-electron chi connectivity index (χ0n) is 14.1. The standard InChI is InChI=1S/C19H17NO5S/c1-23-16-8-4-2-6-13(16)15(21)10-25-19(22)12-24-11-18-20-14-7-3-5-9-17(14)26-18/h2-9H,10-12H2,1H3. The first-order valence-corrected chi connectivity index (χ1v) is 8.73. The summed E-state index contributed by atoms with van der Waals surface area (Å²) in [4.78, 5) is 28.3. The lowest BCUT2D eigenvalue weighted by molar-refractivity contribution is -0.148. The van der Waals surface area contributed by atoms with Gasteiger partial charge in [0.15, 0.2) is 6.61 Å². The van der Waals surface area contributed by atoms with Crippen molar-refractivity contribution in [1.29, 1.82) is 0 Å². The first-order valence-electron chi connectivity index (χ1n) is 7.91. The van der Waals surface area contributed by atoms with Gasteiger partial charge in [0.05, 0.1) is 29.5 Å². The van der Waals surface area contributed by atoms with Crippen molar-refractivity contribution in [3.8, 4) is 5.75 Å². The number of para-hydroxylation sites is 2. The molecule has 0 amide bonds. The molecular formula is C19H17NO5S. The van der Waals surface area contributed by atoms with Gasteiger partial charge in [-0.2, -0.15) is 0 Å². The molecule has 0 bridgehead atoms. The maximum atomic E-state index is 12.1. The third-order valence-electron chi connectivity index (χ3n) is 3.56. The number of methoxy groups -OCH3 is 1. The van der Waals surface area contributed by atoms with E-state index < -0.39 is 5.97 Å². The fourth-order valence-electron chi connectivity index (χ4n) is 2.34. The number of nitrogens with zero attached hydrogens (tertiary/aromatic N) is 1. The molecule has 0 saturated heterocycles. The molecule has 0 atom stereocenters. The number of rotatable bonds is 8. The minimum Gasteiger partial charge on any atom is -0.496 e. The summed E-state index contributed by atoms with van der Waals surface area (Å²) < 4.78 is 16.5. The molecule has 0 N–H and O–H groups in total. The number of ketones is 1. The van der Waals surface area contributed by atoms with Crippen molar-refractivity contribution in [2.45, 2.75) is 6.61 Å². The Kier molecular flexibility index (Phi) is 5.93. The molecule has 134 valence electrons. The van der Waals surface area contributed by atoms with Gasteiger partial charge in [0, 0.05) is 0 Å². The molecule has 3 aromatic rings. The maximum Gasteiger partial charge on any atom is 0.332 e. The molecule has 0 saturated carbocycles. The highest BCUT2D eigenvalue weighted by molar-refractivity contribution is 7.18. The summed E-state index contributed by atoms with van der Waals surface area (Å²) in [5.74, 6) is -0.489. The molecule has 1 heterocycles. The SMILES string of the molecule is COc1ccccc1C(=O)COC(=O)COCc1nc2ccccc2s1. The first kappa shape index (κ1) is 18.0. The molecule has 7 heteroatoms. The van der Waals surface area contributed by atoms with Crippen LogP contribution in [0.2, 0.25) is 0 Å². The quantitative estimate of drug-likeness (QED) is 0.447. The number of hydrogen-bond donors (Lipinski definition) is 0. The van der Waals surface area contributed by atoms with Gasteiger partial charge in [0.1, 0.15) is 17.4 Å². The molecule has 0 radical (unpaired) electrons. The minimum atomic E-state index is -0.602. The molecule has 1 aromatic heterocycles. The summed E-state index contributed by atoms with van der Waals surface area (Å²) in [5, 5.41) is 0.782. The first-order chi connectivity index (χ1) is 12.7. The van der Waals surface area contributed by atoms with Gasteiger partial charge in [-0.15, -0.1) is 11.3 Å². The number of benzene rings is 2. The number of fused-ring (bicyclic) bond motifs is 1. The van der Waals surface area contributed by atoms with E-state index >= 15 is 0 Å². The van der Waals surface area contributed by atoms with Gasteiger partial charge >= 0.3 is 5.97 Å². The zero-order valence-corrected chi connectivity index (χ0v) is 15.0. The second kappa shape index (κ2) is 8.55. The van der Waals surface area contributed by atoms with Gasteiger partial charge in [0.25, 0.3) is 0 Å². The number of Topliss-reactive ketones (excluding diaryl/α,β-unsaturated/α-hetero) is 1. The van der Waals surface area contributed by atoms with Gasteiger partial charge in [-0.1, -0.05) is 24.3 Å². The summed E-state index contributed by atoms with van der Waals surface area (Å²) in [6.07, 6.45) is 0.